The number of methoxy groups -OCH3 is 1. The van der Waals surface area contributed by atoms with Gasteiger partial charge in [0, 0.05) is 30.1 Å². The summed E-state index contributed by atoms with van der Waals surface area (Å²) in [5, 5.41) is 5.88. The van der Waals surface area contributed by atoms with E-state index in [1.54, 1.807) is 6.07 Å². The van der Waals surface area contributed by atoms with E-state index in [4.69, 9.17) is 21.1 Å². The Morgan fingerprint density at radius 1 is 1.26 bits per heavy atom. The molecular weight excluding hydrogens is 375 g/mol. The number of hydrogen-bond donors (Lipinski definition) is 2. The van der Waals surface area contributed by atoms with E-state index in [1.165, 1.54) is 37.4 Å². The van der Waals surface area contributed by atoms with Gasteiger partial charge < -0.3 is 20.1 Å². The first-order valence-electron chi connectivity index (χ1n) is 8.35. The van der Waals surface area contributed by atoms with Gasteiger partial charge in [0.15, 0.2) is 11.6 Å². The van der Waals surface area contributed by atoms with Gasteiger partial charge in [-0.1, -0.05) is 11.6 Å². The van der Waals surface area contributed by atoms with Gasteiger partial charge in [0.25, 0.3) is 5.91 Å². The SMILES string of the molecule is COc1ccc(Oc2ccc(Cl)cc2C(=O)NC2CCNC(=O)C2)cc1F. The van der Waals surface area contributed by atoms with Gasteiger partial charge in [-0.05, 0) is 36.8 Å². The first-order valence-corrected chi connectivity index (χ1v) is 8.72. The normalized spacial score (nSPS) is 16.4. The fourth-order valence-electron chi connectivity index (χ4n) is 2.78. The molecule has 1 unspecified atom stereocenters. The average molecular weight is 393 g/mol. The molecule has 2 N–H and O–H groups in total. The molecule has 1 heterocycles. The molecule has 1 saturated heterocycles. The van der Waals surface area contributed by atoms with Crippen molar-refractivity contribution in [1.29, 1.82) is 0 Å². The number of ether oxygens (including phenoxy) is 2. The van der Waals surface area contributed by atoms with Crippen LogP contribution < -0.4 is 20.1 Å². The van der Waals surface area contributed by atoms with Crippen LogP contribution in [0.2, 0.25) is 5.02 Å². The standard InChI is InChI=1S/C19H18ClFN2O4/c1-26-17-5-3-13(10-15(17)21)27-16-4-2-11(20)8-14(16)19(25)23-12-6-7-22-18(24)9-12/h2-5,8,10,12H,6-7,9H2,1H3,(H,22,24)(H,23,25). The van der Waals surface area contributed by atoms with E-state index < -0.39 is 11.7 Å². The molecule has 0 aliphatic carbocycles. The number of carbonyl (C=O) groups excluding carboxylic acids is 2. The lowest BCUT2D eigenvalue weighted by molar-refractivity contribution is -0.122. The number of carbonyl (C=O) groups is 2. The predicted molar refractivity (Wildman–Crippen MR) is 98.0 cm³/mol. The Kier molecular flexibility index (Phi) is 5.81. The lowest BCUT2D eigenvalue weighted by Crippen LogP contribution is -2.45. The molecule has 2 amide bonds. The van der Waals surface area contributed by atoms with Crippen molar-refractivity contribution in [3.63, 3.8) is 0 Å². The fourth-order valence-corrected chi connectivity index (χ4v) is 2.95. The largest absolute Gasteiger partial charge is 0.494 e. The van der Waals surface area contributed by atoms with Crippen LogP contribution in [0.15, 0.2) is 36.4 Å². The number of rotatable bonds is 5. The highest BCUT2D eigenvalue weighted by molar-refractivity contribution is 6.31. The third-order valence-corrected chi connectivity index (χ3v) is 4.35. The highest BCUT2D eigenvalue weighted by Crippen LogP contribution is 2.30. The van der Waals surface area contributed by atoms with Crippen molar-refractivity contribution in [2.45, 2.75) is 18.9 Å². The van der Waals surface area contributed by atoms with E-state index in [9.17, 15) is 14.0 Å². The van der Waals surface area contributed by atoms with E-state index in [2.05, 4.69) is 10.6 Å². The van der Waals surface area contributed by atoms with E-state index in [0.29, 0.717) is 18.0 Å². The summed E-state index contributed by atoms with van der Waals surface area (Å²) >= 11 is 6.02. The molecule has 6 nitrogen and oxygen atoms in total. The number of halogens is 2. The van der Waals surface area contributed by atoms with E-state index in [0.717, 1.165) is 0 Å². The molecule has 0 aromatic heterocycles. The van der Waals surface area contributed by atoms with Crippen LogP contribution in [-0.2, 0) is 4.79 Å². The maximum atomic E-state index is 13.9. The fraction of sp³-hybridized carbons (Fsp3) is 0.263. The summed E-state index contributed by atoms with van der Waals surface area (Å²) in [6, 6.07) is 8.44. The molecule has 1 fully saturated rings. The Labute approximate surface area is 160 Å². The molecule has 2 aromatic carbocycles. The molecular formula is C19H18ClFN2O4. The molecule has 0 bridgehead atoms. The summed E-state index contributed by atoms with van der Waals surface area (Å²) in [5.74, 6) is -0.581. The lowest BCUT2D eigenvalue weighted by Gasteiger charge is -2.23. The summed E-state index contributed by atoms with van der Waals surface area (Å²) in [5.41, 5.74) is 0.199. The minimum Gasteiger partial charge on any atom is -0.494 e. The smallest absolute Gasteiger partial charge is 0.255 e. The number of benzene rings is 2. The van der Waals surface area contributed by atoms with Crippen LogP contribution in [0.5, 0.6) is 17.2 Å². The topological polar surface area (TPSA) is 76.7 Å². The molecule has 1 aliphatic heterocycles. The Morgan fingerprint density at radius 3 is 2.74 bits per heavy atom. The molecule has 1 atom stereocenters. The Bertz CT molecular complexity index is 875. The summed E-state index contributed by atoms with van der Waals surface area (Å²) in [6.45, 7) is 0.508. The third-order valence-electron chi connectivity index (χ3n) is 4.12. The Hall–Kier alpha value is -2.80. The van der Waals surface area contributed by atoms with Crippen molar-refractivity contribution in [3.8, 4) is 17.2 Å². The quantitative estimate of drug-likeness (QED) is 0.818. The molecule has 1 aliphatic rings. The van der Waals surface area contributed by atoms with Crippen LogP contribution in [0.3, 0.4) is 0 Å². The molecule has 0 radical (unpaired) electrons. The predicted octanol–water partition coefficient (Wildman–Crippen LogP) is 3.29. The zero-order valence-electron chi connectivity index (χ0n) is 14.6. The Morgan fingerprint density at radius 2 is 2.04 bits per heavy atom. The number of nitrogens with one attached hydrogen (secondary N) is 2. The maximum Gasteiger partial charge on any atom is 0.255 e. The van der Waals surface area contributed by atoms with Crippen molar-refractivity contribution in [2.24, 2.45) is 0 Å². The van der Waals surface area contributed by atoms with Gasteiger partial charge >= 0.3 is 0 Å². The number of hydrogen-bond acceptors (Lipinski definition) is 4. The number of piperidine rings is 1. The van der Waals surface area contributed by atoms with Gasteiger partial charge in [-0.15, -0.1) is 0 Å². The van der Waals surface area contributed by atoms with Crippen molar-refractivity contribution in [2.75, 3.05) is 13.7 Å². The van der Waals surface area contributed by atoms with Crippen LogP contribution >= 0.6 is 11.6 Å². The molecule has 2 aromatic rings. The lowest BCUT2D eigenvalue weighted by atomic mass is 10.1. The minimum atomic E-state index is -0.580. The first-order chi connectivity index (χ1) is 13.0. The van der Waals surface area contributed by atoms with Crippen molar-refractivity contribution in [3.05, 3.63) is 52.8 Å². The van der Waals surface area contributed by atoms with Gasteiger partial charge in [-0.2, -0.15) is 0 Å². The molecule has 142 valence electrons. The second-order valence-corrected chi connectivity index (χ2v) is 6.49. The van der Waals surface area contributed by atoms with Crippen LogP contribution in [0.25, 0.3) is 0 Å². The summed E-state index contributed by atoms with van der Waals surface area (Å²) in [6.07, 6.45) is 0.851. The monoisotopic (exact) mass is 392 g/mol. The second-order valence-electron chi connectivity index (χ2n) is 6.05. The summed E-state index contributed by atoms with van der Waals surface area (Å²) in [4.78, 5) is 24.2. The van der Waals surface area contributed by atoms with Gasteiger partial charge in [-0.25, -0.2) is 4.39 Å². The number of amides is 2. The second kappa shape index (κ2) is 8.26. The zero-order chi connectivity index (χ0) is 19.4. The maximum absolute atomic E-state index is 13.9. The Balaban J connectivity index is 1.81. The van der Waals surface area contributed by atoms with Gasteiger partial charge in [0.2, 0.25) is 5.91 Å². The van der Waals surface area contributed by atoms with E-state index in [-0.39, 0.29) is 41.2 Å². The van der Waals surface area contributed by atoms with E-state index in [1.807, 2.05) is 0 Å². The van der Waals surface area contributed by atoms with Crippen LogP contribution in [0.4, 0.5) is 4.39 Å². The first kappa shape index (κ1) is 19.0. The average Bonchev–Trinajstić information content (AvgIpc) is 2.63. The highest BCUT2D eigenvalue weighted by atomic mass is 35.5. The summed E-state index contributed by atoms with van der Waals surface area (Å²) < 4.78 is 24.4. The van der Waals surface area contributed by atoms with Crippen LogP contribution in [0, 0.1) is 5.82 Å². The van der Waals surface area contributed by atoms with Crippen molar-refractivity contribution < 1.29 is 23.5 Å². The van der Waals surface area contributed by atoms with Gasteiger partial charge in [-0.3, -0.25) is 9.59 Å². The molecule has 27 heavy (non-hydrogen) atoms. The van der Waals surface area contributed by atoms with Gasteiger partial charge in [0.1, 0.15) is 11.5 Å². The zero-order valence-corrected chi connectivity index (χ0v) is 15.3. The molecule has 8 heteroatoms. The van der Waals surface area contributed by atoms with Crippen LogP contribution in [0.1, 0.15) is 23.2 Å². The molecule has 3 rings (SSSR count). The van der Waals surface area contributed by atoms with Gasteiger partial charge in [0.05, 0.1) is 12.7 Å². The van der Waals surface area contributed by atoms with Crippen LogP contribution in [-0.4, -0.2) is 31.5 Å². The highest BCUT2D eigenvalue weighted by Gasteiger charge is 2.23. The molecule has 0 saturated carbocycles. The third kappa shape index (κ3) is 4.68. The summed E-state index contributed by atoms with van der Waals surface area (Å²) in [7, 11) is 1.37. The minimum absolute atomic E-state index is 0.0898. The van der Waals surface area contributed by atoms with E-state index >= 15 is 0 Å². The van der Waals surface area contributed by atoms with Crippen molar-refractivity contribution in [1.82, 2.24) is 10.6 Å². The van der Waals surface area contributed by atoms with Crippen molar-refractivity contribution >= 4 is 23.4 Å². The molecule has 0 spiro atoms.